The lowest BCUT2D eigenvalue weighted by Crippen LogP contribution is -2.43. The van der Waals surface area contributed by atoms with Crippen molar-refractivity contribution in [2.75, 3.05) is 38.2 Å². The molecule has 0 radical (unpaired) electrons. The van der Waals surface area contributed by atoms with Crippen molar-refractivity contribution in [3.05, 3.63) is 23.9 Å². The highest BCUT2D eigenvalue weighted by Crippen LogP contribution is 2.27. The molecule has 180 valence electrons. The molecule has 2 amide bonds. The molecule has 2 saturated heterocycles. The molecule has 0 bridgehead atoms. The Kier molecular flexibility index (Phi) is 7.40. The lowest BCUT2D eigenvalue weighted by atomic mass is 9.96. The smallest absolute Gasteiger partial charge is 0.238 e. The predicted octanol–water partition coefficient (Wildman–Crippen LogP) is 1.19. The van der Waals surface area contributed by atoms with Crippen LogP contribution in [0.1, 0.15) is 32.6 Å². The second kappa shape index (κ2) is 10.1. The number of allylic oxidation sites excluding steroid dienone is 2. The Morgan fingerprint density at radius 3 is 2.73 bits per heavy atom. The Morgan fingerprint density at radius 2 is 2.03 bits per heavy atom. The average Bonchev–Trinajstić information content (AvgIpc) is 2.77. The number of carbonyl (C=O) groups excluding carboxylic acids is 2. The van der Waals surface area contributed by atoms with Crippen LogP contribution in [0.25, 0.3) is 0 Å². The Morgan fingerprint density at radius 1 is 1.27 bits per heavy atom. The van der Waals surface area contributed by atoms with Crippen LogP contribution in [0.2, 0.25) is 0 Å². The van der Waals surface area contributed by atoms with Gasteiger partial charge in [0.25, 0.3) is 0 Å². The van der Waals surface area contributed by atoms with E-state index in [1.807, 2.05) is 23.1 Å². The SMILES string of the molecule is CC(=O)N1CCC(SCC2=NC3=CC(=N[C@@H]4CCCN(S(C)(=O)=O)C4)C=CC3C(=O)N2)CC1. The third kappa shape index (κ3) is 6.13. The van der Waals surface area contributed by atoms with Crippen LogP contribution < -0.4 is 5.32 Å². The first-order valence-corrected chi connectivity index (χ1v) is 14.3. The highest BCUT2D eigenvalue weighted by Gasteiger charge is 2.31. The van der Waals surface area contributed by atoms with Crippen molar-refractivity contribution >= 4 is 45.1 Å². The van der Waals surface area contributed by atoms with Gasteiger partial charge >= 0.3 is 0 Å². The molecule has 3 aliphatic heterocycles. The summed E-state index contributed by atoms with van der Waals surface area (Å²) in [6.45, 7) is 4.09. The number of hydrogen-bond acceptors (Lipinski definition) is 7. The van der Waals surface area contributed by atoms with E-state index in [1.165, 1.54) is 10.6 Å². The van der Waals surface area contributed by atoms with Crippen molar-refractivity contribution in [3.63, 3.8) is 0 Å². The van der Waals surface area contributed by atoms with E-state index >= 15 is 0 Å². The molecular formula is C22H31N5O4S2. The molecule has 0 saturated carbocycles. The molecule has 4 aliphatic rings. The molecule has 2 atom stereocenters. The van der Waals surface area contributed by atoms with Crippen LogP contribution in [-0.4, -0.2) is 90.5 Å². The number of nitrogens with one attached hydrogen (secondary N) is 1. The third-order valence-electron chi connectivity index (χ3n) is 6.39. The van der Waals surface area contributed by atoms with Crippen molar-refractivity contribution in [2.45, 2.75) is 43.9 Å². The molecule has 0 aromatic carbocycles. The van der Waals surface area contributed by atoms with Gasteiger partial charge in [0.05, 0.1) is 35.4 Å². The van der Waals surface area contributed by atoms with Gasteiger partial charge in [-0.2, -0.15) is 11.8 Å². The topological polar surface area (TPSA) is 112 Å². The molecule has 4 rings (SSSR count). The van der Waals surface area contributed by atoms with E-state index in [-0.39, 0.29) is 17.9 Å². The maximum Gasteiger partial charge on any atom is 0.238 e. The van der Waals surface area contributed by atoms with Gasteiger partial charge in [-0.25, -0.2) is 17.7 Å². The van der Waals surface area contributed by atoms with Crippen LogP contribution in [0.4, 0.5) is 0 Å². The molecule has 1 aliphatic carbocycles. The normalized spacial score (nSPS) is 28.2. The zero-order chi connectivity index (χ0) is 23.6. The van der Waals surface area contributed by atoms with Gasteiger partial charge in [-0.3, -0.25) is 14.6 Å². The summed E-state index contributed by atoms with van der Waals surface area (Å²) in [4.78, 5) is 35.4. The number of thioether (sulfide) groups is 1. The number of hydrogen-bond donors (Lipinski definition) is 1. The van der Waals surface area contributed by atoms with E-state index < -0.39 is 15.9 Å². The van der Waals surface area contributed by atoms with Crippen LogP contribution in [0.3, 0.4) is 0 Å². The molecule has 33 heavy (non-hydrogen) atoms. The van der Waals surface area contributed by atoms with Gasteiger partial charge in [-0.15, -0.1) is 0 Å². The number of aliphatic imine (C=N–C) groups is 2. The maximum atomic E-state index is 12.6. The number of amides is 2. The minimum absolute atomic E-state index is 0.0885. The van der Waals surface area contributed by atoms with Gasteiger partial charge in [0, 0.05) is 38.4 Å². The number of likely N-dealkylation sites (tertiary alicyclic amines) is 1. The van der Waals surface area contributed by atoms with E-state index in [1.54, 1.807) is 18.7 Å². The van der Waals surface area contributed by atoms with E-state index in [0.717, 1.165) is 44.5 Å². The Balaban J connectivity index is 1.39. The van der Waals surface area contributed by atoms with Gasteiger partial charge in [0.1, 0.15) is 5.84 Å². The maximum absolute atomic E-state index is 12.6. The second-order valence-corrected chi connectivity index (χ2v) is 12.2. The first kappa shape index (κ1) is 24.2. The van der Waals surface area contributed by atoms with E-state index in [0.29, 0.717) is 35.6 Å². The second-order valence-electron chi connectivity index (χ2n) is 8.94. The van der Waals surface area contributed by atoms with Gasteiger partial charge < -0.3 is 10.2 Å². The fourth-order valence-corrected chi connectivity index (χ4v) is 6.51. The number of fused-ring (bicyclic) bond motifs is 1. The van der Waals surface area contributed by atoms with Crippen molar-refractivity contribution in [3.8, 4) is 0 Å². The molecule has 1 N–H and O–H groups in total. The largest absolute Gasteiger partial charge is 0.343 e. The minimum Gasteiger partial charge on any atom is -0.343 e. The zero-order valence-corrected chi connectivity index (χ0v) is 20.7. The minimum atomic E-state index is -3.22. The summed E-state index contributed by atoms with van der Waals surface area (Å²) in [6, 6.07) is -0.0983. The summed E-state index contributed by atoms with van der Waals surface area (Å²) in [5, 5.41) is 3.37. The van der Waals surface area contributed by atoms with Gasteiger partial charge in [0.15, 0.2) is 0 Å². The summed E-state index contributed by atoms with van der Waals surface area (Å²) >= 11 is 1.77. The quantitative estimate of drug-likeness (QED) is 0.619. The zero-order valence-electron chi connectivity index (χ0n) is 19.1. The van der Waals surface area contributed by atoms with E-state index in [9.17, 15) is 18.0 Å². The Hall–Kier alpha value is -1.98. The Labute approximate surface area is 199 Å². The lowest BCUT2D eigenvalue weighted by Gasteiger charge is -2.31. The van der Waals surface area contributed by atoms with Crippen molar-refractivity contribution in [1.29, 1.82) is 0 Å². The van der Waals surface area contributed by atoms with Crippen LogP contribution in [-0.2, 0) is 19.6 Å². The Bertz CT molecular complexity index is 1030. The fourth-order valence-electron chi connectivity index (χ4n) is 4.53. The summed E-state index contributed by atoms with van der Waals surface area (Å²) in [6.07, 6.45) is 10.2. The number of amidine groups is 1. The first-order valence-electron chi connectivity index (χ1n) is 11.4. The number of nitrogens with zero attached hydrogens (tertiary/aromatic N) is 4. The molecule has 1 unspecified atom stereocenters. The van der Waals surface area contributed by atoms with Crippen LogP contribution >= 0.6 is 11.8 Å². The first-order chi connectivity index (χ1) is 15.7. The summed E-state index contributed by atoms with van der Waals surface area (Å²) in [5.41, 5.74) is 1.40. The fraction of sp³-hybridized carbons (Fsp3) is 0.636. The van der Waals surface area contributed by atoms with E-state index in [4.69, 9.17) is 9.98 Å². The molecular weight excluding hydrogens is 462 g/mol. The van der Waals surface area contributed by atoms with Crippen LogP contribution in [0, 0.1) is 5.92 Å². The lowest BCUT2D eigenvalue weighted by molar-refractivity contribution is -0.129. The standard InChI is InChI=1S/C22H31N5O4S2/c1-15(28)26-10-7-18(8-11-26)32-14-21-24-20-12-16(5-6-19(20)22(29)25-21)23-17-4-3-9-27(13-17)33(2,30)31/h5-6,12,17-19H,3-4,7-11,13-14H2,1-2H3,(H,24,25,29)/t17-,19?/m1/s1. The molecule has 0 spiro atoms. The third-order valence-corrected chi connectivity index (χ3v) is 9.04. The molecule has 11 heteroatoms. The number of piperidine rings is 2. The van der Waals surface area contributed by atoms with E-state index in [2.05, 4.69) is 5.32 Å². The van der Waals surface area contributed by atoms with Crippen molar-refractivity contribution < 1.29 is 18.0 Å². The molecule has 9 nitrogen and oxygen atoms in total. The number of carbonyl (C=O) groups is 2. The highest BCUT2D eigenvalue weighted by atomic mass is 32.2. The van der Waals surface area contributed by atoms with Crippen LogP contribution in [0.15, 0.2) is 33.9 Å². The van der Waals surface area contributed by atoms with Gasteiger partial charge in [-0.1, -0.05) is 6.08 Å². The molecule has 3 heterocycles. The highest BCUT2D eigenvalue weighted by molar-refractivity contribution is 8.00. The monoisotopic (exact) mass is 493 g/mol. The summed E-state index contributed by atoms with van der Waals surface area (Å²) in [7, 11) is -3.22. The molecule has 0 aromatic heterocycles. The summed E-state index contributed by atoms with van der Waals surface area (Å²) < 4.78 is 25.2. The van der Waals surface area contributed by atoms with Crippen molar-refractivity contribution in [2.24, 2.45) is 15.9 Å². The van der Waals surface area contributed by atoms with Gasteiger partial charge in [0.2, 0.25) is 21.8 Å². The molecule has 2 fully saturated rings. The van der Waals surface area contributed by atoms with Gasteiger partial charge in [-0.05, 0) is 37.8 Å². The predicted molar refractivity (Wildman–Crippen MR) is 131 cm³/mol. The number of rotatable bonds is 5. The molecule has 0 aromatic rings. The van der Waals surface area contributed by atoms with Crippen molar-refractivity contribution in [1.82, 2.24) is 14.5 Å². The summed E-state index contributed by atoms with van der Waals surface area (Å²) in [5.74, 6) is 0.880. The number of sulfonamides is 1. The average molecular weight is 494 g/mol. The van der Waals surface area contributed by atoms with Crippen LogP contribution in [0.5, 0.6) is 0 Å².